The van der Waals surface area contributed by atoms with Gasteiger partial charge in [-0.3, -0.25) is 19.3 Å². The summed E-state index contributed by atoms with van der Waals surface area (Å²) in [7, 11) is 0. The maximum Gasteiger partial charge on any atom is 0.247 e. The van der Waals surface area contributed by atoms with E-state index in [4.69, 9.17) is 23.2 Å². The Balaban J connectivity index is 1.86. The summed E-state index contributed by atoms with van der Waals surface area (Å²) in [5, 5.41) is 3.51. The van der Waals surface area contributed by atoms with Crippen molar-refractivity contribution >= 4 is 46.6 Å². The van der Waals surface area contributed by atoms with Gasteiger partial charge >= 0.3 is 0 Å². The Morgan fingerprint density at radius 1 is 1.15 bits per heavy atom. The highest BCUT2D eigenvalue weighted by Crippen LogP contribution is 2.37. The van der Waals surface area contributed by atoms with Crippen molar-refractivity contribution in [2.45, 2.75) is 39.2 Å². The summed E-state index contributed by atoms with van der Waals surface area (Å²) in [6.07, 6.45) is 5.35. The third-order valence-electron chi connectivity index (χ3n) is 5.04. The second-order valence-corrected chi connectivity index (χ2v) is 8.30. The van der Waals surface area contributed by atoms with Crippen molar-refractivity contribution in [1.82, 2.24) is 4.90 Å². The van der Waals surface area contributed by atoms with Crippen LogP contribution < -0.4 is 5.32 Å². The predicted molar refractivity (Wildman–Crippen MR) is 106 cm³/mol. The summed E-state index contributed by atoms with van der Waals surface area (Å²) in [6, 6.07) is 3.89. The molecule has 3 atom stereocenters. The van der Waals surface area contributed by atoms with Crippen molar-refractivity contribution in [3.05, 3.63) is 40.4 Å². The molecule has 2 aliphatic rings. The third kappa shape index (κ3) is 4.04. The molecule has 1 saturated heterocycles. The van der Waals surface area contributed by atoms with Gasteiger partial charge in [-0.1, -0.05) is 49.2 Å². The molecule has 3 rings (SSSR count). The van der Waals surface area contributed by atoms with E-state index in [-0.39, 0.29) is 29.6 Å². The van der Waals surface area contributed by atoms with Crippen LogP contribution in [0.5, 0.6) is 0 Å². The van der Waals surface area contributed by atoms with Gasteiger partial charge in [-0.15, -0.1) is 0 Å². The van der Waals surface area contributed by atoms with Crippen LogP contribution >= 0.6 is 23.2 Å². The maximum atomic E-state index is 13.0. The van der Waals surface area contributed by atoms with Gasteiger partial charge in [0.1, 0.15) is 6.04 Å². The Morgan fingerprint density at radius 3 is 2.26 bits per heavy atom. The lowest BCUT2D eigenvalue weighted by Gasteiger charge is -2.27. The summed E-state index contributed by atoms with van der Waals surface area (Å²) in [5.41, 5.74) is 0.401. The largest absolute Gasteiger partial charge is 0.323 e. The molecule has 1 aromatic carbocycles. The van der Waals surface area contributed by atoms with Gasteiger partial charge in [0.05, 0.1) is 22.5 Å². The molecule has 3 unspecified atom stereocenters. The monoisotopic (exact) mass is 408 g/mol. The molecule has 0 aromatic heterocycles. The molecular weight excluding hydrogens is 387 g/mol. The standard InChI is InChI=1S/C20H22Cl2N2O3/c1-11(2)9-17(18(25)23-16-8-7-12(21)10-15(16)22)24-19(26)13-5-3-4-6-14(13)20(24)27/h3-4,7-8,10-11,13-14,17H,5-6,9H2,1-2H3,(H,23,25). The SMILES string of the molecule is CC(C)CC(C(=O)Nc1ccc(Cl)cc1Cl)N1C(=O)C2CC=CCC2C1=O. The number of hydrogen-bond donors (Lipinski definition) is 1. The van der Waals surface area contributed by atoms with Crippen LogP contribution in [0, 0.1) is 17.8 Å². The van der Waals surface area contributed by atoms with Crippen LogP contribution in [-0.2, 0) is 14.4 Å². The normalized spacial score (nSPS) is 22.9. The fraction of sp³-hybridized carbons (Fsp3) is 0.450. The van der Waals surface area contributed by atoms with E-state index in [9.17, 15) is 14.4 Å². The van der Waals surface area contributed by atoms with Crippen molar-refractivity contribution in [3.8, 4) is 0 Å². The van der Waals surface area contributed by atoms with Crippen LogP contribution in [0.1, 0.15) is 33.1 Å². The molecule has 27 heavy (non-hydrogen) atoms. The van der Waals surface area contributed by atoms with Gasteiger partial charge < -0.3 is 5.32 Å². The molecule has 0 saturated carbocycles. The highest BCUT2D eigenvalue weighted by molar-refractivity contribution is 6.36. The first kappa shape index (κ1) is 19.9. The molecule has 0 bridgehead atoms. The van der Waals surface area contributed by atoms with Crippen molar-refractivity contribution in [1.29, 1.82) is 0 Å². The van der Waals surface area contributed by atoms with E-state index in [0.717, 1.165) is 0 Å². The van der Waals surface area contributed by atoms with Gasteiger partial charge in [-0.25, -0.2) is 0 Å². The van der Waals surface area contributed by atoms with E-state index >= 15 is 0 Å². The Labute approximate surface area is 168 Å². The molecular formula is C20H22Cl2N2O3. The Morgan fingerprint density at radius 2 is 1.74 bits per heavy atom. The first-order chi connectivity index (χ1) is 12.8. The molecule has 0 spiro atoms. The number of carbonyl (C=O) groups is 3. The Kier molecular flexibility index (Phi) is 5.92. The van der Waals surface area contributed by atoms with Crippen molar-refractivity contribution < 1.29 is 14.4 Å². The van der Waals surface area contributed by atoms with Crippen LogP contribution in [0.2, 0.25) is 10.0 Å². The number of likely N-dealkylation sites (tertiary alicyclic amines) is 1. The average Bonchev–Trinajstić information content (AvgIpc) is 2.86. The fourth-order valence-corrected chi connectivity index (χ4v) is 4.17. The number of nitrogens with one attached hydrogen (secondary N) is 1. The zero-order valence-electron chi connectivity index (χ0n) is 15.2. The van der Waals surface area contributed by atoms with Crippen LogP contribution in [0.15, 0.2) is 30.4 Å². The molecule has 7 heteroatoms. The minimum atomic E-state index is -0.859. The molecule has 1 aliphatic heterocycles. The number of benzene rings is 1. The number of amides is 3. The van der Waals surface area contributed by atoms with Gasteiger partial charge in [0.2, 0.25) is 17.7 Å². The van der Waals surface area contributed by atoms with Gasteiger partial charge in [-0.2, -0.15) is 0 Å². The van der Waals surface area contributed by atoms with Crippen LogP contribution in [0.3, 0.4) is 0 Å². The first-order valence-electron chi connectivity index (χ1n) is 9.07. The highest BCUT2D eigenvalue weighted by Gasteiger charge is 2.51. The zero-order chi connectivity index (χ0) is 19.7. The summed E-state index contributed by atoms with van der Waals surface area (Å²) >= 11 is 12.0. The average molecular weight is 409 g/mol. The second-order valence-electron chi connectivity index (χ2n) is 7.46. The van der Waals surface area contributed by atoms with E-state index < -0.39 is 11.9 Å². The molecule has 0 radical (unpaired) electrons. The lowest BCUT2D eigenvalue weighted by molar-refractivity contribution is -0.147. The van der Waals surface area contributed by atoms with E-state index in [1.807, 2.05) is 26.0 Å². The zero-order valence-corrected chi connectivity index (χ0v) is 16.8. The minimum Gasteiger partial charge on any atom is -0.323 e. The van der Waals surface area contributed by atoms with Crippen molar-refractivity contribution in [2.24, 2.45) is 17.8 Å². The number of carbonyl (C=O) groups excluding carboxylic acids is 3. The second kappa shape index (κ2) is 8.03. The first-order valence-corrected chi connectivity index (χ1v) is 9.83. The fourth-order valence-electron chi connectivity index (χ4n) is 3.72. The van der Waals surface area contributed by atoms with E-state index in [1.54, 1.807) is 12.1 Å². The lowest BCUT2D eigenvalue weighted by Crippen LogP contribution is -2.48. The van der Waals surface area contributed by atoms with Gasteiger partial charge in [0, 0.05) is 5.02 Å². The van der Waals surface area contributed by atoms with E-state index in [2.05, 4.69) is 5.32 Å². The number of anilines is 1. The van der Waals surface area contributed by atoms with Crippen LogP contribution in [0.4, 0.5) is 5.69 Å². The number of nitrogens with zero attached hydrogens (tertiary/aromatic N) is 1. The third-order valence-corrected chi connectivity index (χ3v) is 5.59. The van der Waals surface area contributed by atoms with Crippen LogP contribution in [-0.4, -0.2) is 28.7 Å². The summed E-state index contributed by atoms with van der Waals surface area (Å²) in [6.45, 7) is 3.91. The maximum absolute atomic E-state index is 13.0. The molecule has 1 fully saturated rings. The molecule has 1 N–H and O–H groups in total. The van der Waals surface area contributed by atoms with Crippen molar-refractivity contribution in [2.75, 3.05) is 5.32 Å². The highest BCUT2D eigenvalue weighted by atomic mass is 35.5. The summed E-state index contributed by atoms with van der Waals surface area (Å²) in [4.78, 5) is 40.0. The molecule has 144 valence electrons. The Hall–Kier alpha value is -1.85. The molecule has 5 nitrogen and oxygen atoms in total. The minimum absolute atomic E-state index is 0.128. The summed E-state index contributed by atoms with van der Waals surface area (Å²) in [5.74, 6) is -1.51. The number of imide groups is 1. The number of halogens is 2. The number of hydrogen-bond acceptors (Lipinski definition) is 3. The number of fused-ring (bicyclic) bond motifs is 1. The molecule has 1 heterocycles. The molecule has 1 aliphatic carbocycles. The smallest absolute Gasteiger partial charge is 0.247 e. The summed E-state index contributed by atoms with van der Waals surface area (Å²) < 4.78 is 0. The molecule has 3 amide bonds. The lowest BCUT2D eigenvalue weighted by atomic mass is 9.85. The quantitative estimate of drug-likeness (QED) is 0.583. The van der Waals surface area contributed by atoms with Gasteiger partial charge in [0.25, 0.3) is 0 Å². The van der Waals surface area contributed by atoms with E-state index in [1.165, 1.54) is 11.0 Å². The van der Waals surface area contributed by atoms with Crippen molar-refractivity contribution in [3.63, 3.8) is 0 Å². The molecule has 1 aromatic rings. The van der Waals surface area contributed by atoms with Crippen LogP contribution in [0.25, 0.3) is 0 Å². The topological polar surface area (TPSA) is 66.5 Å². The predicted octanol–water partition coefficient (Wildman–Crippen LogP) is 4.30. The number of rotatable bonds is 5. The van der Waals surface area contributed by atoms with Gasteiger partial charge in [-0.05, 0) is 43.4 Å². The van der Waals surface area contributed by atoms with Gasteiger partial charge in [0.15, 0.2) is 0 Å². The van der Waals surface area contributed by atoms with E-state index in [0.29, 0.717) is 35.0 Å². The Bertz CT molecular complexity index is 780. The number of allylic oxidation sites excluding steroid dienone is 2.